The molecule has 1 aliphatic heterocycles. The van der Waals surface area contributed by atoms with Crippen LogP contribution < -0.4 is 0 Å². The fourth-order valence-corrected chi connectivity index (χ4v) is 7.17. The third-order valence-corrected chi connectivity index (χ3v) is 10.9. The van der Waals surface area contributed by atoms with Gasteiger partial charge in [0.05, 0.1) is 0 Å². The number of fused-ring (bicyclic) bond motifs is 1. The minimum absolute atomic E-state index is 0.0633. The lowest BCUT2D eigenvalue weighted by atomic mass is 9.80. The van der Waals surface area contributed by atoms with Crippen LogP contribution in [0.4, 0.5) is 0 Å². The number of benzene rings is 1. The topological polar surface area (TPSA) is 29.4 Å². The van der Waals surface area contributed by atoms with Crippen LogP contribution in [-0.2, 0) is 24.1 Å². The SMILES string of the molecule is CCCCC(Cc1ccc(CC=CC(=O)C2=CC(C#CC3=CN=C4C=CC=CCC4C3)=C(C)C=CC2)cc1CCC)C(C)CCC=C(C)C(C)C. The number of allylic oxidation sites excluding steroid dienone is 15. The average molecular weight is 682 g/mol. The van der Waals surface area contributed by atoms with Crippen LogP contribution in [0, 0.1) is 35.5 Å². The molecular formula is C49H63NO. The van der Waals surface area contributed by atoms with Crippen molar-refractivity contribution in [2.24, 2.45) is 28.7 Å². The third-order valence-electron chi connectivity index (χ3n) is 10.9. The molecule has 0 spiro atoms. The van der Waals surface area contributed by atoms with Gasteiger partial charge in [0.1, 0.15) is 0 Å². The minimum atomic E-state index is 0.0633. The molecule has 3 atom stereocenters. The van der Waals surface area contributed by atoms with E-state index in [0.29, 0.717) is 30.1 Å². The van der Waals surface area contributed by atoms with E-state index in [1.165, 1.54) is 60.8 Å². The van der Waals surface area contributed by atoms with E-state index in [1.807, 2.05) is 18.4 Å². The van der Waals surface area contributed by atoms with Crippen LogP contribution in [0.15, 0.2) is 118 Å². The van der Waals surface area contributed by atoms with Gasteiger partial charge in [-0.1, -0.05) is 132 Å². The van der Waals surface area contributed by atoms with Crippen molar-refractivity contribution in [3.63, 3.8) is 0 Å². The lowest BCUT2D eigenvalue weighted by molar-refractivity contribution is -0.111. The Hall–Kier alpha value is -3.96. The Kier molecular flexibility index (Phi) is 16.2. The Bertz CT molecular complexity index is 1700. The van der Waals surface area contributed by atoms with Gasteiger partial charge in [0.25, 0.3) is 0 Å². The Morgan fingerprint density at radius 3 is 2.65 bits per heavy atom. The van der Waals surface area contributed by atoms with E-state index in [9.17, 15) is 4.79 Å². The van der Waals surface area contributed by atoms with Crippen LogP contribution in [0.25, 0.3) is 0 Å². The summed E-state index contributed by atoms with van der Waals surface area (Å²) < 4.78 is 0. The number of rotatable bonds is 16. The van der Waals surface area contributed by atoms with Gasteiger partial charge in [-0.2, -0.15) is 0 Å². The van der Waals surface area contributed by atoms with Crippen molar-refractivity contribution in [1.82, 2.24) is 0 Å². The largest absolute Gasteiger partial charge is 0.290 e. The van der Waals surface area contributed by atoms with E-state index >= 15 is 0 Å². The number of carbonyl (C=O) groups is 1. The van der Waals surface area contributed by atoms with E-state index in [0.717, 1.165) is 60.1 Å². The van der Waals surface area contributed by atoms with Gasteiger partial charge in [0.2, 0.25) is 0 Å². The highest BCUT2D eigenvalue weighted by atomic mass is 16.1. The molecule has 1 aromatic carbocycles. The van der Waals surface area contributed by atoms with Crippen LogP contribution >= 0.6 is 0 Å². The molecule has 3 unspecified atom stereocenters. The molecule has 0 fully saturated rings. The van der Waals surface area contributed by atoms with E-state index in [-0.39, 0.29) is 5.78 Å². The van der Waals surface area contributed by atoms with Gasteiger partial charge in [-0.05, 0) is 130 Å². The molecule has 2 nitrogen and oxygen atoms in total. The molecule has 0 bridgehead atoms. The van der Waals surface area contributed by atoms with Gasteiger partial charge in [-0.3, -0.25) is 9.79 Å². The second-order valence-electron chi connectivity index (χ2n) is 15.3. The molecule has 4 rings (SSSR count). The fourth-order valence-electron chi connectivity index (χ4n) is 7.17. The zero-order valence-corrected chi connectivity index (χ0v) is 32.7. The molecule has 3 aliphatic rings. The summed E-state index contributed by atoms with van der Waals surface area (Å²) in [7, 11) is 0. The van der Waals surface area contributed by atoms with Gasteiger partial charge < -0.3 is 0 Å². The second-order valence-corrected chi connectivity index (χ2v) is 15.3. The van der Waals surface area contributed by atoms with Crippen LogP contribution in [0.1, 0.15) is 123 Å². The summed E-state index contributed by atoms with van der Waals surface area (Å²) in [5.74, 6) is 9.26. The smallest absolute Gasteiger partial charge is 0.181 e. The number of ketones is 1. The highest BCUT2D eigenvalue weighted by Crippen LogP contribution is 2.30. The Labute approximate surface area is 311 Å². The number of carbonyl (C=O) groups excluding carboxylic acids is 1. The Morgan fingerprint density at radius 2 is 1.86 bits per heavy atom. The molecule has 270 valence electrons. The summed E-state index contributed by atoms with van der Waals surface area (Å²) in [4.78, 5) is 18.1. The van der Waals surface area contributed by atoms with Crippen molar-refractivity contribution in [3.05, 3.63) is 130 Å². The summed E-state index contributed by atoms with van der Waals surface area (Å²) in [5.41, 5.74) is 10.8. The maximum absolute atomic E-state index is 13.4. The third kappa shape index (κ3) is 12.6. The molecule has 0 saturated carbocycles. The molecule has 0 N–H and O–H groups in total. The number of aryl methyl sites for hydroxylation is 1. The molecule has 0 radical (unpaired) electrons. The van der Waals surface area contributed by atoms with Gasteiger partial charge in [0, 0.05) is 34.5 Å². The number of unbranched alkanes of at least 4 members (excludes halogenated alkanes) is 1. The Balaban J connectivity index is 1.41. The number of nitrogens with zero attached hydrogens (tertiary/aromatic N) is 1. The van der Waals surface area contributed by atoms with Crippen molar-refractivity contribution >= 4 is 11.5 Å². The molecule has 0 saturated heterocycles. The molecule has 2 heteroatoms. The lowest BCUT2D eigenvalue weighted by Crippen LogP contribution is -2.16. The zero-order valence-electron chi connectivity index (χ0n) is 32.7. The minimum Gasteiger partial charge on any atom is -0.290 e. The van der Waals surface area contributed by atoms with E-state index in [1.54, 1.807) is 6.08 Å². The van der Waals surface area contributed by atoms with Crippen LogP contribution in [0.3, 0.4) is 0 Å². The highest BCUT2D eigenvalue weighted by molar-refractivity contribution is 6.04. The fraction of sp³-hybridized carbons (Fsp3) is 0.469. The standard InChI is InChI=1S/C49H63NO/c1-8-10-22-42(38(6)19-14-18-37(5)36(3)4)33-45-30-27-40(31-44(45)17-9-2)21-16-26-49(51)47-24-15-20-39(7)43(34-47)29-28-41-32-46-23-12-11-13-25-48(46)50-35-41/h11-13,15-16,18,20,25-27,30-31,34-36,38,42,46H,8-10,14,17,19,21-24,32-33H2,1-7H3. The maximum atomic E-state index is 13.4. The first kappa shape index (κ1) is 39.8. The molecule has 2 aliphatic carbocycles. The number of hydrogen-bond donors (Lipinski definition) is 0. The number of hydrogen-bond acceptors (Lipinski definition) is 2. The van der Waals surface area contributed by atoms with Crippen molar-refractivity contribution < 1.29 is 4.79 Å². The first-order valence-corrected chi connectivity index (χ1v) is 19.9. The van der Waals surface area contributed by atoms with E-state index < -0.39 is 0 Å². The summed E-state index contributed by atoms with van der Waals surface area (Å²) in [6.45, 7) is 16.0. The van der Waals surface area contributed by atoms with Crippen LogP contribution in [0.5, 0.6) is 0 Å². The predicted octanol–water partition coefficient (Wildman–Crippen LogP) is 12.7. The monoisotopic (exact) mass is 681 g/mol. The molecule has 51 heavy (non-hydrogen) atoms. The predicted molar refractivity (Wildman–Crippen MR) is 221 cm³/mol. The molecule has 0 amide bonds. The van der Waals surface area contributed by atoms with Gasteiger partial charge in [-0.15, -0.1) is 0 Å². The van der Waals surface area contributed by atoms with Gasteiger partial charge >= 0.3 is 0 Å². The highest BCUT2D eigenvalue weighted by Gasteiger charge is 2.20. The molecule has 1 heterocycles. The van der Waals surface area contributed by atoms with Crippen molar-refractivity contribution in [1.29, 1.82) is 0 Å². The van der Waals surface area contributed by atoms with Gasteiger partial charge in [0.15, 0.2) is 5.78 Å². The Morgan fingerprint density at radius 1 is 1.02 bits per heavy atom. The van der Waals surface area contributed by atoms with Crippen molar-refractivity contribution in [2.45, 2.75) is 126 Å². The lowest BCUT2D eigenvalue weighted by Gasteiger charge is -2.25. The molecule has 0 aromatic heterocycles. The van der Waals surface area contributed by atoms with E-state index in [4.69, 9.17) is 0 Å². The summed E-state index contributed by atoms with van der Waals surface area (Å²) in [6.07, 6.45) is 35.8. The average Bonchev–Trinajstić information content (AvgIpc) is 3.47. The summed E-state index contributed by atoms with van der Waals surface area (Å²) >= 11 is 0. The molecule has 1 aromatic rings. The molecular weight excluding hydrogens is 619 g/mol. The summed E-state index contributed by atoms with van der Waals surface area (Å²) in [6, 6.07) is 7.09. The first-order chi connectivity index (χ1) is 24.7. The van der Waals surface area contributed by atoms with E-state index in [2.05, 4.69) is 126 Å². The first-order valence-electron chi connectivity index (χ1n) is 19.9. The van der Waals surface area contributed by atoms with Gasteiger partial charge in [-0.25, -0.2) is 0 Å². The van der Waals surface area contributed by atoms with Crippen molar-refractivity contribution in [3.8, 4) is 11.8 Å². The van der Waals surface area contributed by atoms with Crippen LogP contribution in [-0.4, -0.2) is 11.5 Å². The number of aliphatic imine (C=N–C) groups is 1. The second kappa shape index (κ2) is 20.8. The maximum Gasteiger partial charge on any atom is 0.181 e. The van der Waals surface area contributed by atoms with Crippen molar-refractivity contribution in [2.75, 3.05) is 0 Å². The normalized spacial score (nSPS) is 18.8. The summed E-state index contributed by atoms with van der Waals surface area (Å²) in [5, 5.41) is 0. The zero-order chi connectivity index (χ0) is 36.6. The quantitative estimate of drug-likeness (QED) is 0.0970. The van der Waals surface area contributed by atoms with Crippen LogP contribution in [0.2, 0.25) is 0 Å².